The van der Waals surface area contributed by atoms with E-state index in [0.717, 1.165) is 61.6 Å². The lowest BCUT2D eigenvalue weighted by Gasteiger charge is -2.46. The molecule has 0 saturated carbocycles. The number of rotatable bonds is 7. The number of hydrogen-bond donors (Lipinski definition) is 0. The fraction of sp³-hybridized carbons (Fsp3) is 0.0625. The molecule has 0 unspecified atom stereocenters. The van der Waals surface area contributed by atoms with Crippen LogP contribution in [0.1, 0.15) is 47.2 Å². The van der Waals surface area contributed by atoms with Gasteiger partial charge in [-0.05, 0) is 117 Å². The van der Waals surface area contributed by atoms with Gasteiger partial charge in [-0.1, -0.05) is 190 Å². The molecule has 10 aromatic carbocycles. The van der Waals surface area contributed by atoms with E-state index in [1.54, 1.807) is 0 Å². The molecule has 3 nitrogen and oxygen atoms in total. The summed E-state index contributed by atoms with van der Waals surface area (Å²) in [6.45, 7) is 4.70. The number of hydrogen-bond acceptors (Lipinski definition) is 3. The maximum absolute atomic E-state index is 6.96. The highest BCUT2D eigenvalue weighted by Crippen LogP contribution is 2.59. The van der Waals surface area contributed by atoms with E-state index in [4.69, 9.17) is 4.42 Å². The molecular weight excluding hydrogens is 813 g/mol. The molecule has 0 fully saturated rings. The normalized spacial score (nSPS) is 14.0. The Morgan fingerprint density at radius 3 is 1.66 bits per heavy atom. The third-order valence-corrected chi connectivity index (χ3v) is 14.5. The minimum atomic E-state index is -0.739. The second kappa shape index (κ2) is 15.1. The standard InChI is InChI=1S/C64H46N2O/c1-63(2)54-25-11-9-22-50(54)51-41-40-49(42-58(51)63)65(46-20-7-4-8-21-46)47-36-38-48(39-37-47)66-59-29-14-12-26-55(59)64(56-27-13-15-30-60(56)66,45-34-32-44(33-35-45)43-18-5-3-6-19-43)57-28-17-24-53-52-23-10-16-31-61(52)67-62(53)57/h3-42H,1-2H3. The summed E-state index contributed by atoms with van der Waals surface area (Å²) < 4.78 is 6.96. The summed E-state index contributed by atoms with van der Waals surface area (Å²) in [5.74, 6) is 0. The Morgan fingerprint density at radius 2 is 0.925 bits per heavy atom. The van der Waals surface area contributed by atoms with E-state index in [1.807, 2.05) is 0 Å². The number of para-hydroxylation sites is 5. The predicted molar refractivity (Wildman–Crippen MR) is 278 cm³/mol. The van der Waals surface area contributed by atoms with Gasteiger partial charge in [0, 0.05) is 44.5 Å². The maximum atomic E-state index is 6.96. The third-order valence-electron chi connectivity index (χ3n) is 14.5. The minimum Gasteiger partial charge on any atom is -0.456 e. The van der Waals surface area contributed by atoms with Gasteiger partial charge in [0.15, 0.2) is 0 Å². The first-order valence-corrected chi connectivity index (χ1v) is 23.3. The van der Waals surface area contributed by atoms with E-state index in [1.165, 1.54) is 50.1 Å². The second-order valence-electron chi connectivity index (χ2n) is 18.4. The van der Waals surface area contributed by atoms with E-state index in [2.05, 4.69) is 266 Å². The lowest BCUT2D eigenvalue weighted by molar-refractivity contribution is 0.643. The Labute approximate surface area is 391 Å². The quantitative estimate of drug-likeness (QED) is 0.159. The van der Waals surface area contributed by atoms with Crippen LogP contribution in [0.5, 0.6) is 0 Å². The van der Waals surface area contributed by atoms with Crippen molar-refractivity contribution in [3.05, 3.63) is 276 Å². The van der Waals surface area contributed by atoms with Gasteiger partial charge in [0.05, 0.1) is 16.8 Å². The molecule has 1 aromatic heterocycles. The van der Waals surface area contributed by atoms with Crippen LogP contribution in [-0.2, 0) is 10.8 Å². The van der Waals surface area contributed by atoms with Gasteiger partial charge in [-0.25, -0.2) is 0 Å². The van der Waals surface area contributed by atoms with Crippen LogP contribution in [0.3, 0.4) is 0 Å². The number of anilines is 6. The highest BCUT2D eigenvalue weighted by Gasteiger charge is 2.48. The van der Waals surface area contributed by atoms with Crippen LogP contribution in [0.4, 0.5) is 34.1 Å². The van der Waals surface area contributed by atoms with E-state index < -0.39 is 5.41 Å². The average Bonchev–Trinajstić information content (AvgIpc) is 3.88. The van der Waals surface area contributed by atoms with E-state index >= 15 is 0 Å². The summed E-state index contributed by atoms with van der Waals surface area (Å²) in [4.78, 5) is 4.84. The van der Waals surface area contributed by atoms with Gasteiger partial charge in [0.25, 0.3) is 0 Å². The lowest BCUT2D eigenvalue weighted by atomic mass is 9.62. The Morgan fingerprint density at radius 1 is 0.388 bits per heavy atom. The highest BCUT2D eigenvalue weighted by atomic mass is 16.3. The zero-order chi connectivity index (χ0) is 44.7. The molecule has 0 bridgehead atoms. The topological polar surface area (TPSA) is 19.6 Å². The molecule has 2 aliphatic rings. The van der Waals surface area contributed by atoms with Crippen molar-refractivity contribution >= 4 is 56.1 Å². The van der Waals surface area contributed by atoms with Crippen molar-refractivity contribution in [2.45, 2.75) is 24.7 Å². The van der Waals surface area contributed by atoms with Crippen LogP contribution in [0, 0.1) is 0 Å². The van der Waals surface area contributed by atoms with Crippen molar-refractivity contribution in [2.75, 3.05) is 9.80 Å². The van der Waals surface area contributed by atoms with Crippen molar-refractivity contribution < 1.29 is 4.42 Å². The molecule has 67 heavy (non-hydrogen) atoms. The van der Waals surface area contributed by atoms with Crippen LogP contribution >= 0.6 is 0 Å². The number of benzene rings is 10. The number of nitrogens with zero attached hydrogens (tertiary/aromatic N) is 2. The van der Waals surface area contributed by atoms with Crippen LogP contribution in [0.15, 0.2) is 247 Å². The first kappa shape index (κ1) is 39.0. The molecule has 2 heterocycles. The molecule has 1 aliphatic carbocycles. The predicted octanol–water partition coefficient (Wildman–Crippen LogP) is 17.2. The van der Waals surface area contributed by atoms with Gasteiger partial charge < -0.3 is 14.2 Å². The van der Waals surface area contributed by atoms with Crippen molar-refractivity contribution in [1.29, 1.82) is 0 Å². The zero-order valence-electron chi connectivity index (χ0n) is 37.4. The van der Waals surface area contributed by atoms with Crippen molar-refractivity contribution in [2.24, 2.45) is 0 Å². The Kier molecular flexibility index (Phi) is 8.78. The minimum absolute atomic E-state index is 0.113. The molecule has 0 N–H and O–H groups in total. The Balaban J connectivity index is 0.989. The van der Waals surface area contributed by atoms with Crippen LogP contribution < -0.4 is 9.80 Å². The molecule has 0 radical (unpaired) electrons. The molecule has 0 spiro atoms. The summed E-state index contributed by atoms with van der Waals surface area (Å²) in [6, 6.07) is 88.6. The highest BCUT2D eigenvalue weighted by molar-refractivity contribution is 6.07. The van der Waals surface area contributed by atoms with Crippen LogP contribution in [0.25, 0.3) is 44.2 Å². The van der Waals surface area contributed by atoms with Crippen molar-refractivity contribution in [1.82, 2.24) is 0 Å². The summed E-state index contributed by atoms with van der Waals surface area (Å²) in [5, 5.41) is 2.23. The van der Waals surface area contributed by atoms with Gasteiger partial charge in [-0.15, -0.1) is 0 Å². The SMILES string of the molecule is CC1(C)c2ccccc2-c2ccc(N(c3ccccc3)c3ccc(N4c5ccccc5C(c5ccc(-c6ccccc6)cc5)(c5cccc6c5oc5ccccc56)c5ccccc54)cc3)cc21. The summed E-state index contributed by atoms with van der Waals surface area (Å²) in [5.41, 5.74) is 20.0. The summed E-state index contributed by atoms with van der Waals surface area (Å²) in [6.07, 6.45) is 0. The molecule has 13 rings (SSSR count). The van der Waals surface area contributed by atoms with Crippen LogP contribution in [0.2, 0.25) is 0 Å². The molecule has 3 heteroatoms. The molecule has 0 atom stereocenters. The number of furan rings is 1. The van der Waals surface area contributed by atoms with Gasteiger partial charge in [0.2, 0.25) is 0 Å². The largest absolute Gasteiger partial charge is 0.456 e. The van der Waals surface area contributed by atoms with Gasteiger partial charge in [-0.2, -0.15) is 0 Å². The first-order chi connectivity index (χ1) is 33.0. The van der Waals surface area contributed by atoms with Crippen molar-refractivity contribution in [3.8, 4) is 22.3 Å². The average molecular weight is 859 g/mol. The number of fused-ring (bicyclic) bond motifs is 8. The van der Waals surface area contributed by atoms with Gasteiger partial charge >= 0.3 is 0 Å². The fourth-order valence-electron chi connectivity index (χ4n) is 11.5. The first-order valence-electron chi connectivity index (χ1n) is 23.3. The molecular formula is C64H46N2O. The fourth-order valence-corrected chi connectivity index (χ4v) is 11.5. The smallest absolute Gasteiger partial charge is 0.140 e. The molecule has 0 amide bonds. The Bertz CT molecular complexity index is 3610. The maximum Gasteiger partial charge on any atom is 0.140 e. The van der Waals surface area contributed by atoms with E-state index in [-0.39, 0.29) is 5.41 Å². The zero-order valence-corrected chi connectivity index (χ0v) is 37.4. The molecule has 0 saturated heterocycles. The third kappa shape index (κ3) is 5.84. The molecule has 1 aliphatic heterocycles. The van der Waals surface area contributed by atoms with E-state index in [0.29, 0.717) is 0 Å². The van der Waals surface area contributed by atoms with Crippen molar-refractivity contribution in [3.63, 3.8) is 0 Å². The lowest BCUT2D eigenvalue weighted by Crippen LogP contribution is -2.37. The second-order valence-corrected chi connectivity index (χ2v) is 18.4. The Hall–Kier alpha value is -8.40. The molecule has 11 aromatic rings. The van der Waals surface area contributed by atoms with Crippen LogP contribution in [-0.4, -0.2) is 0 Å². The molecule has 318 valence electrons. The van der Waals surface area contributed by atoms with Gasteiger partial charge in [-0.3, -0.25) is 0 Å². The van der Waals surface area contributed by atoms with E-state index in [9.17, 15) is 0 Å². The van der Waals surface area contributed by atoms with Gasteiger partial charge in [0.1, 0.15) is 11.2 Å². The summed E-state index contributed by atoms with van der Waals surface area (Å²) >= 11 is 0. The summed E-state index contributed by atoms with van der Waals surface area (Å²) in [7, 11) is 0. The monoisotopic (exact) mass is 858 g/mol.